The second-order valence-corrected chi connectivity index (χ2v) is 7.93. The lowest BCUT2D eigenvalue weighted by atomic mass is 10.1. The molecule has 1 aromatic heterocycles. The Morgan fingerprint density at radius 2 is 1.87 bits per heavy atom. The van der Waals surface area contributed by atoms with Crippen LogP contribution in [0.15, 0.2) is 51.7 Å². The quantitative estimate of drug-likeness (QED) is 0.679. The van der Waals surface area contributed by atoms with Crippen LogP contribution in [0.4, 0.5) is 11.4 Å². The van der Waals surface area contributed by atoms with Crippen molar-refractivity contribution in [2.24, 2.45) is 0 Å². The van der Waals surface area contributed by atoms with Crippen molar-refractivity contribution in [3.8, 4) is 0 Å². The van der Waals surface area contributed by atoms with Crippen LogP contribution in [-0.4, -0.2) is 48.6 Å². The molecule has 1 fully saturated rings. The summed E-state index contributed by atoms with van der Waals surface area (Å²) < 4.78 is 6.82. The molecule has 0 radical (unpaired) electrons. The molecule has 3 aromatic rings. The fourth-order valence-electron chi connectivity index (χ4n) is 3.89. The number of carbonyl (C=O) groups is 1. The van der Waals surface area contributed by atoms with Gasteiger partial charge >= 0.3 is 5.76 Å². The molecule has 2 aromatic carbocycles. The highest BCUT2D eigenvalue weighted by Gasteiger charge is 2.15. The van der Waals surface area contributed by atoms with Crippen LogP contribution < -0.4 is 16.0 Å². The Balaban J connectivity index is 1.32. The Morgan fingerprint density at radius 3 is 2.63 bits per heavy atom. The Kier molecular flexibility index (Phi) is 5.90. The summed E-state index contributed by atoms with van der Waals surface area (Å²) in [7, 11) is 2.15. The minimum atomic E-state index is -0.382. The fraction of sp³-hybridized carbons (Fsp3) is 0.391. The molecule has 2 heterocycles. The van der Waals surface area contributed by atoms with Gasteiger partial charge in [-0.05, 0) is 56.3 Å². The molecule has 0 unspecified atom stereocenters. The minimum Gasteiger partial charge on any atom is -0.408 e. The smallest absolute Gasteiger partial charge is 0.408 e. The zero-order valence-corrected chi connectivity index (χ0v) is 17.6. The van der Waals surface area contributed by atoms with Crippen molar-refractivity contribution in [3.63, 3.8) is 0 Å². The number of aryl methyl sites for hydroxylation is 2. The summed E-state index contributed by atoms with van der Waals surface area (Å²) in [4.78, 5) is 29.2. The number of nitrogens with one attached hydrogen (secondary N) is 1. The highest BCUT2D eigenvalue weighted by atomic mass is 16.4. The minimum absolute atomic E-state index is 0.0497. The van der Waals surface area contributed by atoms with Crippen LogP contribution in [-0.2, 0) is 11.3 Å². The van der Waals surface area contributed by atoms with Gasteiger partial charge in [0.15, 0.2) is 5.58 Å². The van der Waals surface area contributed by atoms with E-state index in [0.717, 1.165) is 42.9 Å². The van der Waals surface area contributed by atoms with Crippen LogP contribution in [0.25, 0.3) is 11.1 Å². The van der Waals surface area contributed by atoms with E-state index in [-0.39, 0.29) is 11.7 Å². The molecule has 4 rings (SSSR count). The molecule has 30 heavy (non-hydrogen) atoms. The second kappa shape index (κ2) is 8.75. The number of hydrogen-bond donors (Lipinski definition) is 1. The number of rotatable bonds is 6. The first-order valence-corrected chi connectivity index (χ1v) is 10.4. The number of carbonyl (C=O) groups excluding carboxylic acids is 1. The van der Waals surface area contributed by atoms with Crippen LogP contribution >= 0.6 is 0 Å². The van der Waals surface area contributed by atoms with E-state index in [4.69, 9.17) is 4.42 Å². The van der Waals surface area contributed by atoms with Crippen molar-refractivity contribution in [3.05, 3.63) is 58.6 Å². The van der Waals surface area contributed by atoms with Gasteiger partial charge in [0.2, 0.25) is 5.91 Å². The molecule has 1 amide bonds. The number of aromatic nitrogens is 1. The number of likely N-dealkylation sites (N-methyl/N-ethyl adjacent to an activating group) is 1. The summed E-state index contributed by atoms with van der Waals surface area (Å²) in [6.45, 7) is 6.63. The number of para-hydroxylation sites is 2. The zero-order chi connectivity index (χ0) is 21.1. The number of fused-ring (bicyclic) bond motifs is 1. The van der Waals surface area contributed by atoms with Gasteiger partial charge in [0.05, 0.1) is 5.52 Å². The second-order valence-electron chi connectivity index (χ2n) is 7.93. The van der Waals surface area contributed by atoms with Crippen molar-refractivity contribution >= 4 is 28.4 Å². The lowest BCUT2D eigenvalue weighted by Crippen LogP contribution is -2.44. The van der Waals surface area contributed by atoms with Gasteiger partial charge in [0.1, 0.15) is 0 Å². The summed E-state index contributed by atoms with van der Waals surface area (Å²) in [5, 5.41) is 3.00. The number of piperazine rings is 1. The molecule has 158 valence electrons. The molecular formula is C23H28N4O3. The molecule has 0 bridgehead atoms. The van der Waals surface area contributed by atoms with Crippen LogP contribution in [0.1, 0.15) is 18.4 Å². The maximum absolute atomic E-state index is 12.4. The molecular weight excluding hydrogens is 380 g/mol. The van der Waals surface area contributed by atoms with Crippen LogP contribution in [0.3, 0.4) is 0 Å². The first-order chi connectivity index (χ1) is 14.5. The maximum atomic E-state index is 12.4. The van der Waals surface area contributed by atoms with E-state index in [2.05, 4.69) is 34.3 Å². The normalized spacial score (nSPS) is 14.9. The summed E-state index contributed by atoms with van der Waals surface area (Å²) in [6, 6.07) is 13.5. The van der Waals surface area contributed by atoms with Gasteiger partial charge in [0.25, 0.3) is 0 Å². The van der Waals surface area contributed by atoms with Crippen molar-refractivity contribution < 1.29 is 9.21 Å². The van der Waals surface area contributed by atoms with E-state index in [9.17, 15) is 9.59 Å². The van der Waals surface area contributed by atoms with Gasteiger partial charge in [-0.2, -0.15) is 0 Å². The average molecular weight is 409 g/mol. The molecule has 1 saturated heterocycles. The van der Waals surface area contributed by atoms with E-state index in [1.807, 2.05) is 31.2 Å². The van der Waals surface area contributed by atoms with Crippen molar-refractivity contribution in [2.45, 2.75) is 26.3 Å². The Morgan fingerprint density at radius 1 is 1.10 bits per heavy atom. The lowest BCUT2D eigenvalue weighted by Gasteiger charge is -2.34. The van der Waals surface area contributed by atoms with E-state index >= 15 is 0 Å². The third-order valence-electron chi connectivity index (χ3n) is 5.71. The third kappa shape index (κ3) is 4.41. The number of amides is 1. The molecule has 0 atom stereocenters. The van der Waals surface area contributed by atoms with Crippen molar-refractivity contribution in [1.82, 2.24) is 9.47 Å². The van der Waals surface area contributed by atoms with Gasteiger partial charge in [-0.25, -0.2) is 4.79 Å². The number of hydrogen-bond acceptors (Lipinski definition) is 5. The number of nitrogens with zero attached hydrogens (tertiary/aromatic N) is 3. The Hall–Kier alpha value is -3.06. The first-order valence-electron chi connectivity index (χ1n) is 10.4. The predicted molar refractivity (Wildman–Crippen MR) is 119 cm³/mol. The standard InChI is InChI=1S/C23H28N4O3/c1-17-16-18(26-14-12-25(2)13-15-26)9-10-19(17)24-22(28)8-5-11-27-20-6-3-4-7-21(20)30-23(27)29/h3-4,6-7,9-10,16H,5,8,11-15H2,1-2H3,(H,24,28). The molecule has 1 aliphatic rings. The van der Waals surface area contributed by atoms with Gasteiger partial charge in [-0.1, -0.05) is 12.1 Å². The molecule has 1 N–H and O–H groups in total. The Bertz CT molecular complexity index is 1090. The highest BCUT2D eigenvalue weighted by Crippen LogP contribution is 2.24. The highest BCUT2D eigenvalue weighted by molar-refractivity contribution is 5.91. The topological polar surface area (TPSA) is 70.7 Å². The van der Waals surface area contributed by atoms with Crippen LogP contribution in [0.5, 0.6) is 0 Å². The molecule has 7 heteroatoms. The monoisotopic (exact) mass is 408 g/mol. The van der Waals surface area contributed by atoms with Gasteiger partial charge in [0, 0.05) is 50.5 Å². The van der Waals surface area contributed by atoms with Crippen molar-refractivity contribution in [1.29, 1.82) is 0 Å². The average Bonchev–Trinajstić information content (AvgIpc) is 3.05. The number of anilines is 2. The van der Waals surface area contributed by atoms with Crippen LogP contribution in [0.2, 0.25) is 0 Å². The summed E-state index contributed by atoms with van der Waals surface area (Å²) in [5.41, 5.74) is 4.42. The summed E-state index contributed by atoms with van der Waals surface area (Å²) in [5.74, 6) is -0.432. The Labute approximate surface area is 175 Å². The first kappa shape index (κ1) is 20.2. The van der Waals surface area contributed by atoms with Crippen LogP contribution in [0, 0.1) is 6.92 Å². The molecule has 0 aliphatic carbocycles. The van der Waals surface area contributed by atoms with Gasteiger partial charge in [-0.3, -0.25) is 9.36 Å². The van der Waals surface area contributed by atoms with E-state index < -0.39 is 0 Å². The van der Waals surface area contributed by atoms with E-state index in [1.165, 1.54) is 5.69 Å². The maximum Gasteiger partial charge on any atom is 0.419 e. The summed E-state index contributed by atoms with van der Waals surface area (Å²) >= 11 is 0. The van der Waals surface area contributed by atoms with Crippen molar-refractivity contribution in [2.75, 3.05) is 43.4 Å². The number of benzene rings is 2. The molecule has 7 nitrogen and oxygen atoms in total. The summed E-state index contributed by atoms with van der Waals surface area (Å²) in [6.07, 6.45) is 0.902. The molecule has 0 spiro atoms. The predicted octanol–water partition coefficient (Wildman–Crippen LogP) is 3.07. The lowest BCUT2D eigenvalue weighted by molar-refractivity contribution is -0.116. The third-order valence-corrected chi connectivity index (χ3v) is 5.71. The number of oxazole rings is 1. The SMILES string of the molecule is Cc1cc(N2CCN(C)CC2)ccc1NC(=O)CCCn1c(=O)oc2ccccc21. The van der Waals surface area contributed by atoms with E-state index in [0.29, 0.717) is 25.0 Å². The van der Waals surface area contributed by atoms with Gasteiger partial charge in [-0.15, -0.1) is 0 Å². The largest absolute Gasteiger partial charge is 0.419 e. The molecule has 1 aliphatic heterocycles. The van der Waals surface area contributed by atoms with Gasteiger partial charge < -0.3 is 19.5 Å². The zero-order valence-electron chi connectivity index (χ0n) is 17.6. The molecule has 0 saturated carbocycles. The van der Waals surface area contributed by atoms with E-state index in [1.54, 1.807) is 10.6 Å². The fourth-order valence-corrected chi connectivity index (χ4v) is 3.89.